The third-order valence-corrected chi connectivity index (χ3v) is 3.17. The first kappa shape index (κ1) is 10.6. The highest BCUT2D eigenvalue weighted by atomic mass is 16.3. The van der Waals surface area contributed by atoms with E-state index >= 15 is 0 Å². The number of anilines is 1. The second-order valence-electron chi connectivity index (χ2n) is 5.46. The lowest BCUT2D eigenvalue weighted by Crippen LogP contribution is -1.96. The van der Waals surface area contributed by atoms with Crippen molar-refractivity contribution in [2.24, 2.45) is 5.92 Å². The molecule has 0 aliphatic heterocycles. The third-order valence-electron chi connectivity index (χ3n) is 3.17. The van der Waals surface area contributed by atoms with Crippen molar-refractivity contribution in [1.82, 2.24) is 4.98 Å². The average molecular weight is 230 g/mol. The van der Waals surface area contributed by atoms with Crippen molar-refractivity contribution < 1.29 is 4.42 Å². The van der Waals surface area contributed by atoms with Gasteiger partial charge in [0.2, 0.25) is 0 Å². The van der Waals surface area contributed by atoms with E-state index in [2.05, 4.69) is 24.9 Å². The molecular formula is C14H18N2O. The molecule has 0 radical (unpaired) electrons. The zero-order valence-electron chi connectivity index (χ0n) is 10.4. The smallest absolute Gasteiger partial charge is 0.198 e. The number of oxazole rings is 1. The van der Waals surface area contributed by atoms with Crippen LogP contribution in [0, 0.1) is 5.92 Å². The average Bonchev–Trinajstić information content (AvgIpc) is 2.98. The Bertz CT molecular complexity index is 553. The van der Waals surface area contributed by atoms with Gasteiger partial charge in [0.1, 0.15) is 5.52 Å². The summed E-state index contributed by atoms with van der Waals surface area (Å²) in [6.45, 7) is 4.41. The molecule has 1 fully saturated rings. The van der Waals surface area contributed by atoms with E-state index in [9.17, 15) is 0 Å². The van der Waals surface area contributed by atoms with E-state index in [1.54, 1.807) is 0 Å². The van der Waals surface area contributed by atoms with Gasteiger partial charge in [0, 0.05) is 5.92 Å². The minimum Gasteiger partial charge on any atom is -0.438 e. The van der Waals surface area contributed by atoms with E-state index in [1.807, 2.05) is 6.07 Å². The van der Waals surface area contributed by atoms with Gasteiger partial charge in [0.05, 0.1) is 5.69 Å². The molecule has 1 heterocycles. The predicted molar refractivity (Wildman–Crippen MR) is 68.9 cm³/mol. The van der Waals surface area contributed by atoms with Crippen LogP contribution in [-0.4, -0.2) is 4.98 Å². The molecule has 1 aromatic carbocycles. The SMILES string of the molecule is CC(C)Cc1cc(N)c2oc(C3CC3)nc2c1. The number of nitrogens with zero attached hydrogens (tertiary/aromatic N) is 1. The van der Waals surface area contributed by atoms with Crippen molar-refractivity contribution in [3.05, 3.63) is 23.6 Å². The quantitative estimate of drug-likeness (QED) is 0.821. The molecule has 3 nitrogen and oxygen atoms in total. The standard InChI is InChI=1S/C14H18N2O/c1-8(2)5-9-6-11(15)13-12(7-9)16-14(17-13)10-3-4-10/h6-8,10H,3-5,15H2,1-2H3. The molecule has 0 atom stereocenters. The second-order valence-corrected chi connectivity index (χ2v) is 5.46. The summed E-state index contributed by atoms with van der Waals surface area (Å²) in [6.07, 6.45) is 3.43. The molecule has 1 aliphatic carbocycles. The summed E-state index contributed by atoms with van der Waals surface area (Å²) in [5.41, 5.74) is 9.69. The molecule has 1 aliphatic rings. The van der Waals surface area contributed by atoms with Gasteiger partial charge in [-0.2, -0.15) is 0 Å². The van der Waals surface area contributed by atoms with Gasteiger partial charge in [-0.25, -0.2) is 4.98 Å². The van der Waals surface area contributed by atoms with E-state index in [4.69, 9.17) is 10.2 Å². The summed E-state index contributed by atoms with van der Waals surface area (Å²) >= 11 is 0. The Morgan fingerprint density at radius 1 is 1.41 bits per heavy atom. The number of rotatable bonds is 3. The van der Waals surface area contributed by atoms with Gasteiger partial charge in [-0.1, -0.05) is 13.8 Å². The molecule has 0 spiro atoms. The van der Waals surface area contributed by atoms with Gasteiger partial charge >= 0.3 is 0 Å². The molecular weight excluding hydrogens is 212 g/mol. The van der Waals surface area contributed by atoms with E-state index in [-0.39, 0.29) is 0 Å². The molecule has 17 heavy (non-hydrogen) atoms. The molecule has 0 saturated heterocycles. The Morgan fingerprint density at radius 3 is 2.82 bits per heavy atom. The fourth-order valence-corrected chi connectivity index (χ4v) is 2.23. The molecule has 2 aromatic rings. The van der Waals surface area contributed by atoms with Gasteiger partial charge in [-0.15, -0.1) is 0 Å². The molecule has 0 unspecified atom stereocenters. The van der Waals surface area contributed by atoms with Gasteiger partial charge in [0.25, 0.3) is 0 Å². The molecule has 1 saturated carbocycles. The number of aromatic nitrogens is 1. The number of benzene rings is 1. The predicted octanol–water partition coefficient (Wildman–Crippen LogP) is 3.49. The topological polar surface area (TPSA) is 52.0 Å². The Labute approximate surface area is 101 Å². The molecule has 1 aromatic heterocycles. The Morgan fingerprint density at radius 2 is 2.18 bits per heavy atom. The molecule has 0 bridgehead atoms. The molecule has 3 heteroatoms. The van der Waals surface area contributed by atoms with Crippen LogP contribution in [0.2, 0.25) is 0 Å². The summed E-state index contributed by atoms with van der Waals surface area (Å²) in [5, 5.41) is 0. The van der Waals surface area contributed by atoms with Crippen LogP contribution in [0.4, 0.5) is 5.69 Å². The summed E-state index contributed by atoms with van der Waals surface area (Å²) in [6, 6.07) is 4.13. The van der Waals surface area contributed by atoms with Crippen LogP contribution in [-0.2, 0) is 6.42 Å². The van der Waals surface area contributed by atoms with Crippen LogP contribution in [0.1, 0.15) is 44.1 Å². The number of hydrogen-bond acceptors (Lipinski definition) is 3. The summed E-state index contributed by atoms with van der Waals surface area (Å²) in [7, 11) is 0. The fourth-order valence-electron chi connectivity index (χ4n) is 2.23. The maximum Gasteiger partial charge on any atom is 0.198 e. The van der Waals surface area contributed by atoms with Crippen molar-refractivity contribution in [2.75, 3.05) is 5.73 Å². The van der Waals surface area contributed by atoms with E-state index in [1.165, 1.54) is 18.4 Å². The molecule has 2 N–H and O–H groups in total. The van der Waals surface area contributed by atoms with Gasteiger partial charge < -0.3 is 10.2 Å². The van der Waals surface area contributed by atoms with Crippen LogP contribution in [0.15, 0.2) is 16.5 Å². The van der Waals surface area contributed by atoms with E-state index in [0.29, 0.717) is 11.8 Å². The maximum absolute atomic E-state index is 6.03. The van der Waals surface area contributed by atoms with Crippen LogP contribution >= 0.6 is 0 Å². The number of nitrogen functional groups attached to an aromatic ring is 1. The van der Waals surface area contributed by atoms with Crippen molar-refractivity contribution in [3.63, 3.8) is 0 Å². The molecule has 90 valence electrons. The largest absolute Gasteiger partial charge is 0.438 e. The summed E-state index contributed by atoms with van der Waals surface area (Å²) < 4.78 is 5.75. The minimum absolute atomic E-state index is 0.537. The first-order valence-electron chi connectivity index (χ1n) is 6.32. The highest BCUT2D eigenvalue weighted by molar-refractivity contribution is 5.85. The Balaban J connectivity index is 2.04. The lowest BCUT2D eigenvalue weighted by Gasteiger charge is -2.05. The van der Waals surface area contributed by atoms with Gasteiger partial charge in [0.15, 0.2) is 11.5 Å². The van der Waals surface area contributed by atoms with Crippen molar-refractivity contribution >= 4 is 16.8 Å². The zero-order valence-corrected chi connectivity index (χ0v) is 10.4. The maximum atomic E-state index is 6.03. The summed E-state index contributed by atoms with van der Waals surface area (Å²) in [5.74, 6) is 2.03. The van der Waals surface area contributed by atoms with Crippen LogP contribution in [0.3, 0.4) is 0 Å². The van der Waals surface area contributed by atoms with Crippen molar-refractivity contribution in [2.45, 2.75) is 39.0 Å². The first-order chi connectivity index (χ1) is 8.13. The summed E-state index contributed by atoms with van der Waals surface area (Å²) in [4.78, 5) is 4.56. The Kier molecular flexibility index (Phi) is 2.35. The van der Waals surface area contributed by atoms with Crippen LogP contribution in [0.25, 0.3) is 11.1 Å². The molecule has 0 amide bonds. The van der Waals surface area contributed by atoms with Crippen molar-refractivity contribution in [1.29, 1.82) is 0 Å². The van der Waals surface area contributed by atoms with Crippen molar-refractivity contribution in [3.8, 4) is 0 Å². The lowest BCUT2D eigenvalue weighted by atomic mass is 10.0. The van der Waals surface area contributed by atoms with E-state index in [0.717, 1.165) is 29.1 Å². The normalized spacial score (nSPS) is 15.9. The highest BCUT2D eigenvalue weighted by Gasteiger charge is 2.29. The lowest BCUT2D eigenvalue weighted by molar-refractivity contribution is 0.534. The molecule has 3 rings (SSSR count). The van der Waals surface area contributed by atoms with Crippen LogP contribution < -0.4 is 5.73 Å². The fraction of sp³-hybridized carbons (Fsp3) is 0.500. The monoisotopic (exact) mass is 230 g/mol. The minimum atomic E-state index is 0.537. The number of nitrogens with two attached hydrogens (primary N) is 1. The van der Waals surface area contributed by atoms with E-state index < -0.39 is 0 Å². The highest BCUT2D eigenvalue weighted by Crippen LogP contribution is 2.41. The first-order valence-corrected chi connectivity index (χ1v) is 6.32. The zero-order chi connectivity index (χ0) is 12.0. The van der Waals surface area contributed by atoms with Gasteiger partial charge in [-0.3, -0.25) is 0 Å². The third kappa shape index (κ3) is 2.02. The van der Waals surface area contributed by atoms with Crippen LogP contribution in [0.5, 0.6) is 0 Å². The second kappa shape index (κ2) is 3.76. The Hall–Kier alpha value is -1.51. The van der Waals surface area contributed by atoms with Gasteiger partial charge in [-0.05, 0) is 42.9 Å². The number of hydrogen-bond donors (Lipinski definition) is 1. The number of fused-ring (bicyclic) bond motifs is 1.